The van der Waals surface area contributed by atoms with Crippen molar-refractivity contribution in [3.8, 4) is 5.75 Å². The molecule has 0 aliphatic heterocycles. The number of rotatable bonds is 4. The average Bonchev–Trinajstić information content (AvgIpc) is 2.19. The molecule has 14 heavy (non-hydrogen) atoms. The second-order valence-corrected chi connectivity index (χ2v) is 3.30. The molecule has 0 unspecified atom stereocenters. The molecule has 0 aliphatic rings. The van der Waals surface area contributed by atoms with E-state index in [2.05, 4.69) is 20.7 Å². The summed E-state index contributed by atoms with van der Waals surface area (Å²) in [7, 11) is 1.44. The van der Waals surface area contributed by atoms with Gasteiger partial charge in [0.1, 0.15) is 11.6 Å². The van der Waals surface area contributed by atoms with Crippen LogP contribution in [0.15, 0.2) is 16.6 Å². The quantitative estimate of drug-likeness (QED) is 0.618. The molecule has 0 amide bonds. The lowest BCUT2D eigenvalue weighted by molar-refractivity contribution is 0.0497. The summed E-state index contributed by atoms with van der Waals surface area (Å²) in [6.45, 7) is -0.0388. The Hall–Kier alpha value is -0.940. The van der Waals surface area contributed by atoms with Crippen molar-refractivity contribution >= 4 is 22.2 Å². The molecule has 0 heterocycles. The summed E-state index contributed by atoms with van der Waals surface area (Å²) in [6.07, 6.45) is 0.408. The van der Waals surface area contributed by atoms with E-state index in [1.807, 2.05) is 0 Å². The number of halogens is 2. The van der Waals surface area contributed by atoms with E-state index in [1.54, 1.807) is 0 Å². The molecule has 0 aliphatic carbocycles. The molecule has 0 radical (unpaired) electrons. The smallest absolute Gasteiger partial charge is 0.188 e. The van der Waals surface area contributed by atoms with Crippen LogP contribution in [0.3, 0.4) is 0 Å². The van der Waals surface area contributed by atoms with E-state index in [0.29, 0.717) is 10.8 Å². The fourth-order valence-electron chi connectivity index (χ4n) is 0.923. The first-order valence-electron chi connectivity index (χ1n) is 3.75. The summed E-state index contributed by atoms with van der Waals surface area (Å²) < 4.78 is 23.3. The Morgan fingerprint density at radius 3 is 2.86 bits per heavy atom. The Labute approximate surface area is 88.9 Å². The molecule has 0 aromatic heterocycles. The molecule has 0 bridgehead atoms. The van der Waals surface area contributed by atoms with Gasteiger partial charge in [-0.2, -0.15) is 0 Å². The second-order valence-electron chi connectivity index (χ2n) is 2.44. The number of hydrogen-bond donors (Lipinski definition) is 0. The molecule has 3 nitrogen and oxygen atoms in total. The lowest BCUT2D eigenvalue weighted by Crippen LogP contribution is -2.03. The Kier molecular flexibility index (Phi) is 4.03. The van der Waals surface area contributed by atoms with E-state index >= 15 is 0 Å². The van der Waals surface area contributed by atoms with E-state index in [4.69, 9.17) is 4.74 Å². The molecule has 76 valence electrons. The fraction of sp³-hybridized carbons (Fsp3) is 0.222. The highest BCUT2D eigenvalue weighted by Crippen LogP contribution is 2.29. The minimum Gasteiger partial charge on any atom is -0.466 e. The number of carbonyl (C=O) groups excluding carboxylic acids is 1. The van der Waals surface area contributed by atoms with Crippen LogP contribution in [0.1, 0.15) is 10.4 Å². The summed E-state index contributed by atoms with van der Waals surface area (Å²) in [6, 6.07) is 2.65. The summed E-state index contributed by atoms with van der Waals surface area (Å²) in [5.74, 6) is -0.462. The first-order valence-corrected chi connectivity index (χ1v) is 4.55. The zero-order valence-electron chi connectivity index (χ0n) is 7.42. The van der Waals surface area contributed by atoms with Crippen LogP contribution in [0.5, 0.6) is 5.75 Å². The standard InChI is InChI=1S/C9H8BrFO3/c1-13-5-14-9-6(4-12)8(11)3-2-7(9)10/h2-4H,5H2,1H3. The molecular formula is C9H8BrFO3. The Balaban J connectivity index is 3.09. The van der Waals surface area contributed by atoms with Crippen molar-refractivity contribution in [1.29, 1.82) is 0 Å². The monoisotopic (exact) mass is 262 g/mol. The zero-order valence-corrected chi connectivity index (χ0v) is 9.01. The molecule has 0 saturated carbocycles. The van der Waals surface area contributed by atoms with Crippen molar-refractivity contribution in [2.45, 2.75) is 0 Å². The van der Waals surface area contributed by atoms with Crippen LogP contribution >= 0.6 is 15.9 Å². The third-order valence-corrected chi connectivity index (χ3v) is 2.16. The van der Waals surface area contributed by atoms with Gasteiger partial charge in [-0.15, -0.1) is 0 Å². The lowest BCUT2D eigenvalue weighted by Gasteiger charge is -2.09. The lowest BCUT2D eigenvalue weighted by atomic mass is 10.2. The number of methoxy groups -OCH3 is 1. The first-order chi connectivity index (χ1) is 6.70. The van der Waals surface area contributed by atoms with Crippen LogP contribution in [0.25, 0.3) is 0 Å². The minimum atomic E-state index is -0.616. The maximum atomic E-state index is 13.1. The average molecular weight is 263 g/mol. The molecule has 0 atom stereocenters. The van der Waals surface area contributed by atoms with Gasteiger partial charge >= 0.3 is 0 Å². The molecule has 0 N–H and O–H groups in total. The normalized spacial score (nSPS) is 9.93. The zero-order chi connectivity index (χ0) is 10.6. The van der Waals surface area contributed by atoms with Crippen molar-refractivity contribution in [1.82, 2.24) is 0 Å². The Morgan fingerprint density at radius 2 is 2.29 bits per heavy atom. The third-order valence-electron chi connectivity index (χ3n) is 1.53. The van der Waals surface area contributed by atoms with E-state index in [-0.39, 0.29) is 18.1 Å². The molecular weight excluding hydrogens is 255 g/mol. The van der Waals surface area contributed by atoms with Crippen molar-refractivity contribution in [2.24, 2.45) is 0 Å². The Morgan fingerprint density at radius 1 is 1.57 bits per heavy atom. The van der Waals surface area contributed by atoms with Crippen LogP contribution in [-0.4, -0.2) is 20.2 Å². The van der Waals surface area contributed by atoms with E-state index < -0.39 is 5.82 Å². The van der Waals surface area contributed by atoms with Crippen LogP contribution in [0.4, 0.5) is 4.39 Å². The maximum absolute atomic E-state index is 13.1. The van der Waals surface area contributed by atoms with Crippen molar-refractivity contribution < 1.29 is 18.7 Å². The fourth-order valence-corrected chi connectivity index (χ4v) is 1.38. The minimum absolute atomic E-state index is 0.0388. The number of hydrogen-bond acceptors (Lipinski definition) is 3. The highest BCUT2D eigenvalue weighted by atomic mass is 79.9. The number of aldehydes is 1. The van der Waals surface area contributed by atoms with Crippen molar-refractivity contribution in [3.05, 3.63) is 28.0 Å². The largest absolute Gasteiger partial charge is 0.466 e. The number of ether oxygens (including phenoxy) is 2. The van der Waals surface area contributed by atoms with Crippen LogP contribution in [0.2, 0.25) is 0 Å². The Bertz CT molecular complexity index is 341. The van der Waals surface area contributed by atoms with Gasteiger partial charge in [-0.3, -0.25) is 4.79 Å². The van der Waals surface area contributed by atoms with Gasteiger partial charge in [0, 0.05) is 7.11 Å². The molecule has 1 aromatic rings. The summed E-state index contributed by atoms with van der Waals surface area (Å²) in [5, 5.41) is 0. The van der Waals surface area contributed by atoms with Crippen molar-refractivity contribution in [3.63, 3.8) is 0 Å². The van der Waals surface area contributed by atoms with Gasteiger partial charge in [0.05, 0.1) is 10.0 Å². The van der Waals surface area contributed by atoms with Gasteiger partial charge < -0.3 is 9.47 Å². The van der Waals surface area contributed by atoms with Crippen molar-refractivity contribution in [2.75, 3.05) is 13.9 Å². The topological polar surface area (TPSA) is 35.5 Å². The number of carbonyl (C=O) groups is 1. The summed E-state index contributed by atoms with van der Waals surface area (Å²) >= 11 is 3.15. The molecule has 1 aromatic carbocycles. The van der Waals surface area contributed by atoms with Gasteiger partial charge in [0.2, 0.25) is 0 Å². The van der Waals surface area contributed by atoms with E-state index in [9.17, 15) is 9.18 Å². The summed E-state index contributed by atoms with van der Waals surface area (Å²) in [5.41, 5.74) is -0.114. The maximum Gasteiger partial charge on any atom is 0.188 e. The first kappa shape index (κ1) is 11.1. The van der Waals surface area contributed by atoms with Gasteiger partial charge in [-0.05, 0) is 28.1 Å². The van der Waals surface area contributed by atoms with Crippen LogP contribution in [-0.2, 0) is 4.74 Å². The van der Waals surface area contributed by atoms with E-state index in [0.717, 1.165) is 0 Å². The van der Waals surface area contributed by atoms with Crippen LogP contribution < -0.4 is 4.74 Å². The van der Waals surface area contributed by atoms with Crippen LogP contribution in [0, 0.1) is 5.82 Å². The van der Waals surface area contributed by atoms with E-state index in [1.165, 1.54) is 19.2 Å². The molecule has 1 rings (SSSR count). The molecule has 0 fully saturated rings. The second kappa shape index (κ2) is 5.07. The predicted octanol–water partition coefficient (Wildman–Crippen LogP) is 2.38. The third kappa shape index (κ3) is 2.30. The highest BCUT2D eigenvalue weighted by Gasteiger charge is 2.12. The summed E-state index contributed by atoms with van der Waals surface area (Å²) in [4.78, 5) is 10.6. The van der Waals surface area contributed by atoms with Gasteiger partial charge in [0.15, 0.2) is 13.1 Å². The van der Waals surface area contributed by atoms with Gasteiger partial charge in [-0.1, -0.05) is 0 Å². The van der Waals surface area contributed by atoms with Gasteiger partial charge in [0.25, 0.3) is 0 Å². The SMILES string of the molecule is COCOc1c(Br)ccc(F)c1C=O. The van der Waals surface area contributed by atoms with Gasteiger partial charge in [-0.25, -0.2) is 4.39 Å². The molecule has 5 heteroatoms. The predicted molar refractivity (Wildman–Crippen MR) is 52.0 cm³/mol. The molecule has 0 saturated heterocycles. The number of benzene rings is 1. The highest BCUT2D eigenvalue weighted by molar-refractivity contribution is 9.10. The molecule has 0 spiro atoms.